The van der Waals surface area contributed by atoms with E-state index in [0.717, 1.165) is 50.1 Å². The SMILES string of the molecule is CN(C)CC(=O)Nc1cncc(-c2cnc3n[nH]c(-c4cc5c(-c6ccc(F)cc6)nccc5[nH]4)c3c2)c1. The van der Waals surface area contributed by atoms with Crippen LogP contribution in [0.4, 0.5) is 10.1 Å². The second kappa shape index (κ2) is 9.49. The second-order valence-corrected chi connectivity index (χ2v) is 9.25. The van der Waals surface area contributed by atoms with E-state index in [0.29, 0.717) is 11.3 Å². The highest BCUT2D eigenvalue weighted by Gasteiger charge is 2.16. The van der Waals surface area contributed by atoms with Gasteiger partial charge < -0.3 is 15.2 Å². The number of H-pyrrole nitrogens is 2. The number of aromatic amines is 2. The van der Waals surface area contributed by atoms with E-state index in [1.54, 1.807) is 41.8 Å². The number of benzene rings is 1. The molecule has 5 heterocycles. The summed E-state index contributed by atoms with van der Waals surface area (Å²) in [6.45, 7) is 0.277. The highest BCUT2D eigenvalue weighted by atomic mass is 19.1. The molecule has 0 spiro atoms. The summed E-state index contributed by atoms with van der Waals surface area (Å²) >= 11 is 0. The average molecular weight is 507 g/mol. The van der Waals surface area contributed by atoms with E-state index in [1.165, 1.54) is 12.1 Å². The number of likely N-dealkylation sites (N-methyl/N-ethyl adjacent to an activating group) is 1. The number of hydrogen-bond donors (Lipinski definition) is 3. The van der Waals surface area contributed by atoms with E-state index in [9.17, 15) is 9.18 Å². The van der Waals surface area contributed by atoms with E-state index < -0.39 is 0 Å². The van der Waals surface area contributed by atoms with Crippen LogP contribution in [0.25, 0.3) is 55.7 Å². The molecule has 3 N–H and O–H groups in total. The second-order valence-electron chi connectivity index (χ2n) is 9.25. The molecule has 0 unspecified atom stereocenters. The molecular formula is C28H23FN8O. The van der Waals surface area contributed by atoms with Crippen LogP contribution in [0, 0.1) is 5.82 Å². The van der Waals surface area contributed by atoms with Gasteiger partial charge in [-0.3, -0.25) is 19.9 Å². The Bertz CT molecular complexity index is 1790. The number of halogens is 1. The van der Waals surface area contributed by atoms with Crippen LogP contribution in [-0.4, -0.2) is 61.6 Å². The Morgan fingerprint density at radius 2 is 1.76 bits per heavy atom. The number of aromatic nitrogens is 6. The van der Waals surface area contributed by atoms with Gasteiger partial charge in [-0.1, -0.05) is 0 Å². The molecule has 0 aliphatic carbocycles. The number of anilines is 1. The average Bonchev–Trinajstić information content (AvgIpc) is 3.52. The Morgan fingerprint density at radius 1 is 0.947 bits per heavy atom. The van der Waals surface area contributed by atoms with Crippen LogP contribution < -0.4 is 5.32 Å². The van der Waals surface area contributed by atoms with Crippen molar-refractivity contribution >= 4 is 33.5 Å². The number of amides is 1. The zero-order chi connectivity index (χ0) is 26.2. The minimum absolute atomic E-state index is 0.118. The molecule has 0 radical (unpaired) electrons. The van der Waals surface area contributed by atoms with Crippen molar-refractivity contribution in [3.63, 3.8) is 0 Å². The zero-order valence-electron chi connectivity index (χ0n) is 20.7. The summed E-state index contributed by atoms with van der Waals surface area (Å²) in [6, 6.07) is 14.1. The van der Waals surface area contributed by atoms with Crippen molar-refractivity contribution in [2.24, 2.45) is 0 Å². The Hall–Kier alpha value is -4.96. The molecule has 38 heavy (non-hydrogen) atoms. The van der Waals surface area contributed by atoms with Gasteiger partial charge in [0.2, 0.25) is 5.91 Å². The molecule has 0 aliphatic heterocycles. The summed E-state index contributed by atoms with van der Waals surface area (Å²) in [5.41, 5.74) is 6.90. The lowest BCUT2D eigenvalue weighted by molar-refractivity contribution is -0.116. The van der Waals surface area contributed by atoms with Crippen LogP contribution in [0.2, 0.25) is 0 Å². The van der Waals surface area contributed by atoms with Crippen molar-refractivity contribution in [2.75, 3.05) is 26.0 Å². The van der Waals surface area contributed by atoms with E-state index in [2.05, 4.69) is 35.5 Å². The standard InChI is InChI=1S/C28H23FN8O/c1-37(2)15-25(38)33-20-9-17(12-30-14-20)18-10-22-27(35-36-28(22)32-13-18)24-11-21-23(34-24)7-8-31-26(21)16-3-5-19(29)6-4-16/h3-14,34H,15H2,1-2H3,(H,33,38)(H,32,35,36). The fourth-order valence-corrected chi connectivity index (χ4v) is 4.44. The van der Waals surface area contributed by atoms with Crippen molar-refractivity contribution in [1.29, 1.82) is 0 Å². The third-order valence-corrected chi connectivity index (χ3v) is 6.16. The van der Waals surface area contributed by atoms with Gasteiger partial charge in [-0.05, 0) is 62.6 Å². The molecule has 1 amide bonds. The first-order valence-corrected chi connectivity index (χ1v) is 11.9. The highest BCUT2D eigenvalue weighted by Crippen LogP contribution is 2.34. The fraction of sp³-hybridized carbons (Fsp3) is 0.107. The molecule has 188 valence electrons. The molecule has 10 heteroatoms. The lowest BCUT2D eigenvalue weighted by Crippen LogP contribution is -2.27. The zero-order valence-corrected chi connectivity index (χ0v) is 20.7. The van der Waals surface area contributed by atoms with Gasteiger partial charge in [0, 0.05) is 51.6 Å². The third-order valence-electron chi connectivity index (χ3n) is 6.16. The molecule has 6 rings (SSSR count). The smallest absolute Gasteiger partial charge is 0.238 e. The maximum Gasteiger partial charge on any atom is 0.238 e. The summed E-state index contributed by atoms with van der Waals surface area (Å²) in [5, 5.41) is 12.1. The summed E-state index contributed by atoms with van der Waals surface area (Å²) in [6.07, 6.45) is 6.80. The van der Waals surface area contributed by atoms with Crippen molar-refractivity contribution < 1.29 is 9.18 Å². The summed E-state index contributed by atoms with van der Waals surface area (Å²) in [5.74, 6) is -0.410. The van der Waals surface area contributed by atoms with Gasteiger partial charge in [0.15, 0.2) is 5.65 Å². The van der Waals surface area contributed by atoms with Gasteiger partial charge in [0.25, 0.3) is 0 Å². The number of rotatable bonds is 6. The van der Waals surface area contributed by atoms with Crippen molar-refractivity contribution in [2.45, 2.75) is 0 Å². The molecular weight excluding hydrogens is 483 g/mol. The number of hydrogen-bond acceptors (Lipinski definition) is 6. The molecule has 0 saturated carbocycles. The van der Waals surface area contributed by atoms with Crippen molar-refractivity contribution in [3.8, 4) is 33.8 Å². The van der Waals surface area contributed by atoms with Crippen LogP contribution in [0.5, 0.6) is 0 Å². The molecule has 0 atom stereocenters. The quantitative estimate of drug-likeness (QED) is 0.297. The minimum atomic E-state index is -0.292. The lowest BCUT2D eigenvalue weighted by atomic mass is 10.1. The van der Waals surface area contributed by atoms with E-state index >= 15 is 0 Å². The number of nitrogens with zero attached hydrogens (tertiary/aromatic N) is 5. The number of fused-ring (bicyclic) bond motifs is 2. The van der Waals surface area contributed by atoms with Crippen LogP contribution in [0.3, 0.4) is 0 Å². The van der Waals surface area contributed by atoms with E-state index in [4.69, 9.17) is 0 Å². The molecule has 0 fully saturated rings. The van der Waals surface area contributed by atoms with Crippen molar-refractivity contribution in [3.05, 3.63) is 79.1 Å². The number of carbonyl (C=O) groups is 1. The predicted octanol–water partition coefficient (Wildman–Crippen LogP) is 4.87. The van der Waals surface area contributed by atoms with Gasteiger partial charge in [-0.2, -0.15) is 5.10 Å². The van der Waals surface area contributed by atoms with Gasteiger partial charge in [0.1, 0.15) is 5.82 Å². The topological polar surface area (TPSA) is 115 Å². The molecule has 9 nitrogen and oxygen atoms in total. The van der Waals surface area contributed by atoms with Crippen LogP contribution in [0.15, 0.2) is 73.3 Å². The third kappa shape index (κ3) is 4.48. The van der Waals surface area contributed by atoms with Crippen LogP contribution in [0.1, 0.15) is 0 Å². The Labute approximate surface area is 216 Å². The van der Waals surface area contributed by atoms with Crippen LogP contribution >= 0.6 is 0 Å². The first-order chi connectivity index (χ1) is 18.4. The minimum Gasteiger partial charge on any atom is -0.353 e. The highest BCUT2D eigenvalue weighted by molar-refractivity contribution is 6.00. The Balaban J connectivity index is 1.38. The molecule has 0 bridgehead atoms. The number of carbonyl (C=O) groups excluding carboxylic acids is 1. The first-order valence-electron chi connectivity index (χ1n) is 11.9. The fourth-order valence-electron chi connectivity index (χ4n) is 4.44. The van der Waals surface area contributed by atoms with Gasteiger partial charge in [0.05, 0.1) is 35.5 Å². The van der Waals surface area contributed by atoms with Crippen molar-refractivity contribution in [1.82, 2.24) is 35.0 Å². The first kappa shape index (κ1) is 23.4. The van der Waals surface area contributed by atoms with Gasteiger partial charge in [-0.25, -0.2) is 9.37 Å². The monoisotopic (exact) mass is 506 g/mol. The molecule has 0 aliphatic rings. The summed E-state index contributed by atoms with van der Waals surface area (Å²) in [4.78, 5) is 30.8. The summed E-state index contributed by atoms with van der Waals surface area (Å²) < 4.78 is 13.5. The maximum absolute atomic E-state index is 13.5. The maximum atomic E-state index is 13.5. The van der Waals surface area contributed by atoms with Gasteiger partial charge >= 0.3 is 0 Å². The number of pyridine rings is 3. The Kier molecular flexibility index (Phi) is 5.85. The molecule has 0 saturated heterocycles. The normalized spacial score (nSPS) is 11.5. The van der Waals surface area contributed by atoms with Crippen LogP contribution in [-0.2, 0) is 4.79 Å². The van der Waals surface area contributed by atoms with E-state index in [1.807, 2.05) is 38.4 Å². The lowest BCUT2D eigenvalue weighted by Gasteiger charge is -2.10. The van der Waals surface area contributed by atoms with E-state index in [-0.39, 0.29) is 18.3 Å². The predicted molar refractivity (Wildman–Crippen MR) is 145 cm³/mol. The molecule has 1 aromatic carbocycles. The molecule has 6 aromatic rings. The number of nitrogens with one attached hydrogen (secondary N) is 3. The van der Waals surface area contributed by atoms with Gasteiger partial charge in [-0.15, -0.1) is 0 Å². The summed E-state index contributed by atoms with van der Waals surface area (Å²) in [7, 11) is 3.68. The largest absolute Gasteiger partial charge is 0.353 e. The Morgan fingerprint density at radius 3 is 2.58 bits per heavy atom. The molecule has 5 aromatic heterocycles.